The van der Waals surface area contributed by atoms with Gasteiger partial charge in [-0.15, -0.1) is 0 Å². The molecular formula is C27H13ClN2O2Se3. The van der Waals surface area contributed by atoms with Crippen LogP contribution in [-0.2, 0) is 0 Å². The summed E-state index contributed by atoms with van der Waals surface area (Å²) in [4.78, 5) is 35.4. The van der Waals surface area contributed by atoms with Crippen molar-refractivity contribution in [2.75, 3.05) is 4.90 Å². The minimum atomic E-state index is -0.339. The van der Waals surface area contributed by atoms with Crippen LogP contribution in [0.25, 0.3) is 15.7 Å². The van der Waals surface area contributed by atoms with Gasteiger partial charge in [0.25, 0.3) is 0 Å². The number of Topliss-reactive ketones (excluding diaryl/α,β-unsaturated/α-hetero) is 2. The number of benzene rings is 2. The number of halogens is 1. The van der Waals surface area contributed by atoms with Crippen molar-refractivity contribution in [1.29, 1.82) is 0 Å². The van der Waals surface area contributed by atoms with Gasteiger partial charge in [-0.3, -0.25) is 0 Å². The normalized spacial score (nSPS) is 16.3. The average Bonchev–Trinajstić information content (AvgIpc) is 3.60. The van der Waals surface area contributed by atoms with Crippen LogP contribution in [0.1, 0.15) is 26.5 Å². The number of anilines is 3. The van der Waals surface area contributed by atoms with Gasteiger partial charge in [-0.05, 0) is 0 Å². The summed E-state index contributed by atoms with van der Waals surface area (Å²) in [5.41, 5.74) is 1.88. The summed E-state index contributed by atoms with van der Waals surface area (Å²) in [5.74, 6) is 0.218. The van der Waals surface area contributed by atoms with E-state index in [4.69, 9.17) is 13.0 Å². The third-order valence-electron chi connectivity index (χ3n) is 5.94. The first-order chi connectivity index (χ1) is 17.5. The Hall–Kier alpha value is -2.46. The molecule has 2 aliphatic rings. The molecule has 8 heteroatoms. The second kappa shape index (κ2) is 8.30. The number of rotatable bonds is 2. The number of hydrogen-bond donors (Lipinski definition) is 0. The molecule has 0 radical (unpaired) electrons. The van der Waals surface area contributed by atoms with Crippen LogP contribution in [0.3, 0.4) is 0 Å². The van der Waals surface area contributed by atoms with Crippen molar-refractivity contribution >= 4 is 108 Å². The summed E-state index contributed by atoms with van der Waals surface area (Å²) in [6.45, 7) is 0. The van der Waals surface area contributed by atoms with Crippen LogP contribution in [-0.4, -0.2) is 60.5 Å². The van der Waals surface area contributed by atoms with Gasteiger partial charge in [-0.25, -0.2) is 0 Å². The SMILES string of the molecule is [2H]/C(=C1/C(=O)c2cc3cc[se]c3cc2C1=O)c1ccc(N2c3ccc(Cl)cc3[Se]c3cccnc32)[se]1. The Balaban J connectivity index is 1.33. The topological polar surface area (TPSA) is 50.3 Å². The van der Waals surface area contributed by atoms with Crippen molar-refractivity contribution < 1.29 is 11.0 Å². The van der Waals surface area contributed by atoms with E-state index in [1.165, 1.54) is 4.46 Å². The van der Waals surface area contributed by atoms with Gasteiger partial charge >= 0.3 is 227 Å². The fourth-order valence-electron chi connectivity index (χ4n) is 4.35. The summed E-state index contributed by atoms with van der Waals surface area (Å²) < 4.78 is 14.0. The number of hydrogen-bond acceptors (Lipinski definition) is 4. The fraction of sp³-hybridized carbons (Fsp3) is 0. The van der Waals surface area contributed by atoms with E-state index in [1.807, 2.05) is 54.6 Å². The van der Waals surface area contributed by atoms with Gasteiger partial charge < -0.3 is 0 Å². The van der Waals surface area contributed by atoms with Crippen molar-refractivity contribution in [3.8, 4) is 0 Å². The molecule has 0 saturated heterocycles. The molecule has 5 aromatic rings. The van der Waals surface area contributed by atoms with Crippen LogP contribution in [0, 0.1) is 0 Å². The van der Waals surface area contributed by atoms with E-state index in [0.29, 0.717) is 20.6 Å². The van der Waals surface area contributed by atoms with Gasteiger partial charge in [0, 0.05) is 0 Å². The molecule has 1 aliphatic heterocycles. The zero-order valence-electron chi connectivity index (χ0n) is 18.7. The molecule has 0 unspecified atom stereocenters. The van der Waals surface area contributed by atoms with Gasteiger partial charge in [0.2, 0.25) is 0 Å². The Bertz CT molecular complexity index is 1750. The van der Waals surface area contributed by atoms with E-state index in [1.54, 1.807) is 6.20 Å². The number of pyridine rings is 1. The molecule has 3 aromatic heterocycles. The van der Waals surface area contributed by atoms with Crippen LogP contribution >= 0.6 is 11.6 Å². The number of aromatic nitrogens is 1. The number of fused-ring (bicyclic) bond motifs is 4. The van der Waals surface area contributed by atoms with Gasteiger partial charge in [-0.2, -0.15) is 0 Å². The molecule has 0 fully saturated rings. The molecule has 0 saturated carbocycles. The molecule has 0 amide bonds. The van der Waals surface area contributed by atoms with Crippen LogP contribution in [0.5, 0.6) is 0 Å². The second-order valence-corrected chi connectivity index (χ2v) is 15.0. The maximum absolute atomic E-state index is 13.3. The molecule has 0 bridgehead atoms. The fourth-order valence-corrected chi connectivity index (χ4v) is 10.6. The molecule has 1 aliphatic carbocycles. The summed E-state index contributed by atoms with van der Waals surface area (Å²) in [5, 5.41) is 1.71. The second-order valence-electron chi connectivity index (χ2n) is 8.03. The minimum absolute atomic E-state index is 0.0133. The number of nitrogens with zero attached hydrogens (tertiary/aromatic N) is 2. The summed E-state index contributed by atoms with van der Waals surface area (Å²) in [7, 11) is 0. The van der Waals surface area contributed by atoms with Gasteiger partial charge in [0.05, 0.1) is 0 Å². The van der Waals surface area contributed by atoms with Crippen molar-refractivity contribution in [3.63, 3.8) is 0 Å². The first-order valence-corrected chi connectivity index (χ1v) is 16.3. The van der Waals surface area contributed by atoms with E-state index < -0.39 is 0 Å². The number of ketones is 2. The Labute approximate surface area is 225 Å². The van der Waals surface area contributed by atoms with Gasteiger partial charge in [0.1, 0.15) is 0 Å². The number of carbonyl (C=O) groups excluding carboxylic acids is 2. The Kier molecular flexibility index (Phi) is 4.91. The van der Waals surface area contributed by atoms with Crippen molar-refractivity contribution in [1.82, 2.24) is 4.98 Å². The quantitative estimate of drug-likeness (QED) is 0.160. The Morgan fingerprint density at radius 3 is 2.71 bits per heavy atom. The maximum atomic E-state index is 13.3. The number of allylic oxidation sites excluding steroid dienone is 1. The molecule has 0 atom stereocenters. The van der Waals surface area contributed by atoms with E-state index >= 15 is 0 Å². The Morgan fingerprint density at radius 1 is 0.971 bits per heavy atom. The molecule has 7 rings (SSSR count). The van der Waals surface area contributed by atoms with Crippen molar-refractivity contribution in [2.45, 2.75) is 0 Å². The van der Waals surface area contributed by atoms with Crippen LogP contribution in [0.15, 0.2) is 77.4 Å². The van der Waals surface area contributed by atoms with Crippen molar-refractivity contribution in [3.05, 3.63) is 98.0 Å². The van der Waals surface area contributed by atoms with Crippen LogP contribution in [0.2, 0.25) is 5.02 Å². The number of carbonyl (C=O) groups is 2. The van der Waals surface area contributed by atoms with Crippen LogP contribution in [0.4, 0.5) is 16.1 Å². The third-order valence-corrected chi connectivity index (χ3v) is 12.4. The summed E-state index contributed by atoms with van der Waals surface area (Å²) in [6, 6.07) is 19.5. The standard InChI is InChI=1S/C27H13ClN2O2Se3/c28-15-3-5-20-23(11-15)35-21-2-1-8-29-27(21)30(20)24-6-4-16(34-24)12-19-25(31)17-10-14-7-9-33-22(14)13-18(17)26(19)32/h1-13H/b19-12+/i12D. The molecule has 0 N–H and O–H groups in total. The molecular weight excluding hydrogens is 657 g/mol. The molecule has 168 valence electrons. The van der Waals surface area contributed by atoms with Gasteiger partial charge in [-0.1, -0.05) is 0 Å². The summed E-state index contributed by atoms with van der Waals surface area (Å²) in [6.07, 6.45) is 1.79. The molecule has 4 nitrogen and oxygen atoms in total. The third kappa shape index (κ3) is 3.51. The van der Waals surface area contributed by atoms with Gasteiger partial charge in [0.15, 0.2) is 0 Å². The predicted molar refractivity (Wildman–Crippen MR) is 143 cm³/mol. The van der Waals surface area contributed by atoms with E-state index in [9.17, 15) is 9.59 Å². The van der Waals surface area contributed by atoms with Crippen molar-refractivity contribution in [2.24, 2.45) is 0 Å². The average molecular weight is 671 g/mol. The first kappa shape index (κ1) is 20.7. The first-order valence-electron chi connectivity index (χ1n) is 11.1. The molecule has 4 heterocycles. The monoisotopic (exact) mass is 673 g/mol. The zero-order valence-corrected chi connectivity index (χ0v) is 23.6. The molecule has 0 spiro atoms. The molecule has 35 heavy (non-hydrogen) atoms. The predicted octanol–water partition coefficient (Wildman–Crippen LogP) is 3.90. The summed E-state index contributed by atoms with van der Waals surface area (Å²) >= 11 is 6.28. The Morgan fingerprint density at radius 2 is 1.83 bits per heavy atom. The molecule has 2 aromatic carbocycles. The van der Waals surface area contributed by atoms with Crippen LogP contribution < -0.4 is 13.8 Å². The van der Waals surface area contributed by atoms with E-state index in [2.05, 4.69) is 20.9 Å². The zero-order chi connectivity index (χ0) is 24.6. The van der Waals surface area contributed by atoms with E-state index in [0.717, 1.165) is 30.2 Å². The van der Waals surface area contributed by atoms with E-state index in [-0.39, 0.29) is 67.2 Å².